The van der Waals surface area contributed by atoms with Crippen LogP contribution in [-0.4, -0.2) is 22.9 Å². The number of hydrogen-bond acceptors (Lipinski definition) is 6. The molecule has 7 heteroatoms. The molecular weight excluding hydrogens is 264 g/mol. The van der Waals surface area contributed by atoms with Crippen LogP contribution in [-0.2, 0) is 18.3 Å². The lowest BCUT2D eigenvalue weighted by Crippen LogP contribution is -2.01. The number of aryl methyl sites for hydroxylation is 1. The van der Waals surface area contributed by atoms with Gasteiger partial charge >= 0.3 is 5.97 Å². The minimum Gasteiger partial charge on any atom is -0.465 e. The predicted octanol–water partition coefficient (Wildman–Crippen LogP) is 1.77. The molecule has 0 aliphatic carbocycles. The van der Waals surface area contributed by atoms with E-state index in [1.165, 1.54) is 18.4 Å². The maximum atomic E-state index is 11.4. The number of esters is 1. The maximum Gasteiger partial charge on any atom is 0.350 e. The Labute approximate surface area is 115 Å². The molecule has 0 aliphatic heterocycles. The second-order valence-corrected chi connectivity index (χ2v) is 5.17. The number of hydrogen-bond donors (Lipinski definition) is 2. The predicted molar refractivity (Wildman–Crippen MR) is 75.3 cm³/mol. The molecule has 2 rings (SSSR count). The van der Waals surface area contributed by atoms with Crippen molar-refractivity contribution in [3.63, 3.8) is 0 Å². The molecule has 0 aromatic carbocycles. The zero-order valence-corrected chi connectivity index (χ0v) is 11.9. The van der Waals surface area contributed by atoms with Crippen molar-refractivity contribution < 1.29 is 9.53 Å². The Kier molecular flexibility index (Phi) is 3.75. The van der Waals surface area contributed by atoms with Crippen LogP contribution < -0.4 is 11.1 Å². The topological polar surface area (TPSA) is 82.2 Å². The first-order valence-electron chi connectivity index (χ1n) is 5.72. The Morgan fingerprint density at radius 1 is 1.63 bits per heavy atom. The molecule has 3 N–H and O–H groups in total. The highest BCUT2D eigenvalue weighted by molar-refractivity contribution is 7.18. The van der Waals surface area contributed by atoms with Crippen molar-refractivity contribution >= 4 is 28.0 Å². The number of nitrogen functional groups attached to an aromatic ring is 1. The van der Waals surface area contributed by atoms with Crippen LogP contribution in [0.2, 0.25) is 0 Å². The van der Waals surface area contributed by atoms with Gasteiger partial charge in [0.1, 0.15) is 4.88 Å². The number of anilines is 2. The van der Waals surface area contributed by atoms with E-state index in [9.17, 15) is 4.79 Å². The number of aromatic nitrogens is 2. The number of rotatable bonds is 4. The molecule has 0 atom stereocenters. The van der Waals surface area contributed by atoms with E-state index in [2.05, 4.69) is 15.2 Å². The number of thiophene rings is 1. The fourth-order valence-electron chi connectivity index (χ4n) is 1.64. The van der Waals surface area contributed by atoms with E-state index in [4.69, 9.17) is 5.73 Å². The summed E-state index contributed by atoms with van der Waals surface area (Å²) in [5, 5.41) is 8.24. The summed E-state index contributed by atoms with van der Waals surface area (Å²) in [6.45, 7) is 2.65. The van der Waals surface area contributed by atoms with E-state index in [1.54, 1.807) is 6.07 Å². The van der Waals surface area contributed by atoms with Gasteiger partial charge in [-0.25, -0.2) is 4.79 Å². The van der Waals surface area contributed by atoms with E-state index in [1.807, 2.05) is 24.9 Å². The normalized spacial score (nSPS) is 10.5. The van der Waals surface area contributed by atoms with Crippen molar-refractivity contribution in [2.75, 3.05) is 18.2 Å². The number of ether oxygens (including phenoxy) is 1. The molecule has 0 aliphatic rings. The van der Waals surface area contributed by atoms with Crippen molar-refractivity contribution in [1.29, 1.82) is 0 Å². The molecule has 6 nitrogen and oxygen atoms in total. The molecule has 0 radical (unpaired) electrons. The fourth-order valence-corrected chi connectivity index (χ4v) is 2.54. The Morgan fingerprint density at radius 2 is 2.37 bits per heavy atom. The van der Waals surface area contributed by atoms with Crippen molar-refractivity contribution in [3.8, 4) is 0 Å². The molecule has 0 fully saturated rings. The molecule has 0 amide bonds. The van der Waals surface area contributed by atoms with Gasteiger partial charge in [-0.1, -0.05) is 0 Å². The first-order valence-corrected chi connectivity index (χ1v) is 6.53. The summed E-state index contributed by atoms with van der Waals surface area (Å²) in [5.41, 5.74) is 8.41. The van der Waals surface area contributed by atoms with Gasteiger partial charge in [0, 0.05) is 24.8 Å². The van der Waals surface area contributed by atoms with E-state index in [0.717, 1.165) is 16.3 Å². The highest BCUT2D eigenvalue weighted by Gasteiger charge is 2.14. The minimum absolute atomic E-state index is 0.409. The Morgan fingerprint density at radius 3 is 2.95 bits per heavy atom. The zero-order chi connectivity index (χ0) is 14.0. The third-order valence-electron chi connectivity index (χ3n) is 2.92. The minimum atomic E-state index is -0.409. The Bertz CT molecular complexity index is 603. The van der Waals surface area contributed by atoms with Crippen LogP contribution in [0.25, 0.3) is 0 Å². The van der Waals surface area contributed by atoms with Gasteiger partial charge in [-0.3, -0.25) is 4.68 Å². The number of carbonyl (C=O) groups excluding carboxylic acids is 1. The molecular formula is C12H16N4O2S. The quantitative estimate of drug-likeness (QED) is 0.834. The van der Waals surface area contributed by atoms with Gasteiger partial charge in [-0.15, -0.1) is 11.3 Å². The van der Waals surface area contributed by atoms with E-state index >= 15 is 0 Å². The van der Waals surface area contributed by atoms with Gasteiger partial charge in [0.15, 0.2) is 0 Å². The standard InChI is InChI=1S/C12H16N4O2S/c1-7-8(6-15-16(7)2)5-14-10-4-9(13)11(19-10)12(17)18-3/h4,6,14H,5,13H2,1-3H3. The average Bonchev–Trinajstić information content (AvgIpc) is 2.91. The lowest BCUT2D eigenvalue weighted by molar-refractivity contribution is 0.0607. The molecule has 102 valence electrons. The van der Waals surface area contributed by atoms with Crippen molar-refractivity contribution in [2.45, 2.75) is 13.5 Å². The summed E-state index contributed by atoms with van der Waals surface area (Å²) in [6, 6.07) is 1.74. The van der Waals surface area contributed by atoms with Gasteiger partial charge in [0.05, 0.1) is 24.0 Å². The summed E-state index contributed by atoms with van der Waals surface area (Å²) >= 11 is 1.29. The summed E-state index contributed by atoms with van der Waals surface area (Å²) < 4.78 is 6.49. The average molecular weight is 280 g/mol. The number of nitrogens with one attached hydrogen (secondary N) is 1. The number of nitrogens with zero attached hydrogens (tertiary/aromatic N) is 2. The van der Waals surface area contributed by atoms with Crippen LogP contribution in [0.4, 0.5) is 10.7 Å². The van der Waals surface area contributed by atoms with Gasteiger partial charge in [0.25, 0.3) is 0 Å². The van der Waals surface area contributed by atoms with Crippen LogP contribution in [0.15, 0.2) is 12.3 Å². The fraction of sp³-hybridized carbons (Fsp3) is 0.333. The van der Waals surface area contributed by atoms with Crippen LogP contribution in [0, 0.1) is 6.92 Å². The largest absolute Gasteiger partial charge is 0.465 e. The molecule has 0 bridgehead atoms. The molecule has 0 unspecified atom stereocenters. The van der Waals surface area contributed by atoms with Crippen molar-refractivity contribution in [3.05, 3.63) is 28.4 Å². The zero-order valence-electron chi connectivity index (χ0n) is 11.1. The Balaban J connectivity index is 2.08. The molecule has 0 saturated carbocycles. The summed E-state index contributed by atoms with van der Waals surface area (Å²) in [5.74, 6) is -0.409. The molecule has 0 saturated heterocycles. The monoisotopic (exact) mass is 280 g/mol. The van der Waals surface area contributed by atoms with Gasteiger partial charge in [0.2, 0.25) is 0 Å². The highest BCUT2D eigenvalue weighted by Crippen LogP contribution is 2.30. The third kappa shape index (κ3) is 2.70. The van der Waals surface area contributed by atoms with Crippen LogP contribution in [0.1, 0.15) is 20.9 Å². The lowest BCUT2D eigenvalue weighted by atomic mass is 10.2. The number of carbonyl (C=O) groups is 1. The molecule has 2 heterocycles. The second-order valence-electron chi connectivity index (χ2n) is 4.12. The van der Waals surface area contributed by atoms with Gasteiger partial charge in [-0.05, 0) is 13.0 Å². The summed E-state index contributed by atoms with van der Waals surface area (Å²) in [6.07, 6.45) is 1.82. The molecule has 2 aromatic heterocycles. The van der Waals surface area contributed by atoms with Gasteiger partial charge in [-0.2, -0.15) is 5.10 Å². The first-order chi connectivity index (χ1) is 9.02. The first kappa shape index (κ1) is 13.4. The summed E-state index contributed by atoms with van der Waals surface area (Å²) in [7, 11) is 3.24. The SMILES string of the molecule is COC(=O)c1sc(NCc2cnn(C)c2C)cc1N. The second kappa shape index (κ2) is 5.31. The van der Waals surface area contributed by atoms with E-state index in [0.29, 0.717) is 17.1 Å². The van der Waals surface area contributed by atoms with Crippen LogP contribution >= 0.6 is 11.3 Å². The maximum absolute atomic E-state index is 11.4. The van der Waals surface area contributed by atoms with E-state index in [-0.39, 0.29) is 0 Å². The Hall–Kier alpha value is -2.02. The van der Waals surface area contributed by atoms with E-state index < -0.39 is 5.97 Å². The lowest BCUT2D eigenvalue weighted by Gasteiger charge is -2.02. The van der Waals surface area contributed by atoms with Crippen LogP contribution in [0.5, 0.6) is 0 Å². The summed E-state index contributed by atoms with van der Waals surface area (Å²) in [4.78, 5) is 11.9. The van der Waals surface area contributed by atoms with Crippen LogP contribution in [0.3, 0.4) is 0 Å². The smallest absolute Gasteiger partial charge is 0.350 e. The van der Waals surface area contributed by atoms with Crippen molar-refractivity contribution in [2.24, 2.45) is 7.05 Å². The van der Waals surface area contributed by atoms with Gasteiger partial charge < -0.3 is 15.8 Å². The molecule has 0 spiro atoms. The highest BCUT2D eigenvalue weighted by atomic mass is 32.1. The number of methoxy groups -OCH3 is 1. The third-order valence-corrected chi connectivity index (χ3v) is 4.01. The van der Waals surface area contributed by atoms with Crippen molar-refractivity contribution in [1.82, 2.24) is 9.78 Å². The molecule has 19 heavy (non-hydrogen) atoms. The number of nitrogens with two attached hydrogens (primary N) is 1. The molecule has 2 aromatic rings.